The second-order valence-corrected chi connectivity index (χ2v) is 6.77. The molecule has 2 N–H and O–H groups in total. The molecule has 0 bridgehead atoms. The number of amides is 2. The molecule has 1 aromatic heterocycles. The largest absolute Gasteiger partial charge is 0.325 e. The predicted molar refractivity (Wildman–Crippen MR) is 102 cm³/mol. The van der Waals surface area contributed by atoms with E-state index in [1.807, 2.05) is 49.4 Å². The van der Waals surface area contributed by atoms with Crippen LogP contribution in [0.2, 0.25) is 0 Å². The number of carbonyl (C=O) groups is 1. The zero-order valence-corrected chi connectivity index (χ0v) is 15.0. The predicted octanol–water partition coefficient (Wildman–Crippen LogP) is 5.03. The maximum Gasteiger partial charge on any atom is 0.325 e. The highest BCUT2D eigenvalue weighted by molar-refractivity contribution is 7.15. The molecule has 5 nitrogen and oxygen atoms in total. The lowest BCUT2D eigenvalue weighted by molar-refractivity contribution is 0.262. The summed E-state index contributed by atoms with van der Waals surface area (Å²) in [4.78, 5) is 12.1. The Hall–Kier alpha value is -2.73. The fourth-order valence-electron chi connectivity index (χ4n) is 2.56. The van der Waals surface area contributed by atoms with Crippen molar-refractivity contribution < 1.29 is 4.79 Å². The first-order valence-corrected chi connectivity index (χ1v) is 9.00. The van der Waals surface area contributed by atoms with E-state index in [0.29, 0.717) is 5.13 Å². The molecule has 0 aliphatic carbocycles. The molecule has 0 saturated carbocycles. The van der Waals surface area contributed by atoms with E-state index in [-0.39, 0.29) is 11.9 Å². The Morgan fingerprint density at radius 1 is 1.04 bits per heavy atom. The molecule has 3 rings (SSSR count). The van der Waals surface area contributed by atoms with Gasteiger partial charge >= 0.3 is 6.03 Å². The van der Waals surface area contributed by atoms with Crippen LogP contribution in [0.4, 0.5) is 15.6 Å². The van der Waals surface area contributed by atoms with E-state index in [9.17, 15) is 4.79 Å². The molecular formula is C19H20N4OS. The van der Waals surface area contributed by atoms with Gasteiger partial charge in [-0.3, -0.25) is 5.32 Å². The van der Waals surface area contributed by atoms with Crippen molar-refractivity contribution >= 4 is 28.2 Å². The van der Waals surface area contributed by atoms with Crippen LogP contribution < -0.4 is 10.6 Å². The van der Waals surface area contributed by atoms with Crippen molar-refractivity contribution in [1.82, 2.24) is 10.2 Å². The highest BCUT2D eigenvalue weighted by Crippen LogP contribution is 2.31. The van der Waals surface area contributed by atoms with E-state index in [2.05, 4.69) is 39.9 Å². The average Bonchev–Trinajstić information content (AvgIpc) is 3.06. The summed E-state index contributed by atoms with van der Waals surface area (Å²) in [6.07, 6.45) is 0.925. The SMILES string of the molecule is CCC(c1ccccc1)c1nnc(NC(=O)Nc2ccc(C)cc2)s1. The maximum atomic E-state index is 12.1. The topological polar surface area (TPSA) is 66.9 Å². The van der Waals surface area contributed by atoms with Gasteiger partial charge in [0, 0.05) is 11.6 Å². The summed E-state index contributed by atoms with van der Waals surface area (Å²) in [6.45, 7) is 4.12. The van der Waals surface area contributed by atoms with Crippen LogP contribution in [0.1, 0.15) is 35.4 Å². The van der Waals surface area contributed by atoms with Gasteiger partial charge in [-0.1, -0.05) is 66.3 Å². The molecule has 2 amide bonds. The van der Waals surface area contributed by atoms with Crippen LogP contribution in [-0.4, -0.2) is 16.2 Å². The number of aryl methyl sites for hydroxylation is 1. The summed E-state index contributed by atoms with van der Waals surface area (Å²) in [5.41, 5.74) is 3.09. The van der Waals surface area contributed by atoms with Crippen molar-refractivity contribution in [3.8, 4) is 0 Å². The molecule has 1 heterocycles. The van der Waals surface area contributed by atoms with Crippen molar-refractivity contribution in [2.24, 2.45) is 0 Å². The molecule has 0 radical (unpaired) electrons. The fraction of sp³-hybridized carbons (Fsp3) is 0.211. The van der Waals surface area contributed by atoms with E-state index < -0.39 is 0 Å². The molecule has 1 atom stereocenters. The first-order chi connectivity index (χ1) is 12.2. The van der Waals surface area contributed by atoms with Gasteiger partial charge in [0.15, 0.2) is 0 Å². The number of benzene rings is 2. The minimum atomic E-state index is -0.320. The molecule has 0 fully saturated rings. The number of nitrogens with zero attached hydrogens (tertiary/aromatic N) is 2. The van der Waals surface area contributed by atoms with Crippen LogP contribution in [0.3, 0.4) is 0 Å². The van der Waals surface area contributed by atoms with E-state index in [4.69, 9.17) is 0 Å². The van der Waals surface area contributed by atoms with Crippen LogP contribution in [0.5, 0.6) is 0 Å². The zero-order valence-electron chi connectivity index (χ0n) is 14.2. The molecule has 0 spiro atoms. The summed E-state index contributed by atoms with van der Waals surface area (Å²) < 4.78 is 0. The third kappa shape index (κ3) is 4.42. The Balaban J connectivity index is 1.66. The van der Waals surface area contributed by atoms with Crippen molar-refractivity contribution in [2.75, 3.05) is 10.6 Å². The Labute approximate surface area is 151 Å². The summed E-state index contributed by atoms with van der Waals surface area (Å²) in [5, 5.41) is 15.3. The van der Waals surface area contributed by atoms with Crippen molar-refractivity contribution in [2.45, 2.75) is 26.2 Å². The molecule has 0 aliphatic heterocycles. The number of rotatable bonds is 5. The van der Waals surface area contributed by atoms with Crippen molar-refractivity contribution in [1.29, 1.82) is 0 Å². The number of nitrogens with one attached hydrogen (secondary N) is 2. The lowest BCUT2D eigenvalue weighted by Gasteiger charge is -2.11. The number of urea groups is 1. The van der Waals surface area contributed by atoms with Crippen LogP contribution in [0.15, 0.2) is 54.6 Å². The summed E-state index contributed by atoms with van der Waals surface area (Å²) in [7, 11) is 0. The van der Waals surface area contributed by atoms with Crippen molar-refractivity contribution in [3.63, 3.8) is 0 Å². The molecule has 0 aliphatic rings. The van der Waals surface area contributed by atoms with Gasteiger partial charge in [-0.25, -0.2) is 4.79 Å². The number of carbonyl (C=O) groups excluding carboxylic acids is 1. The minimum absolute atomic E-state index is 0.189. The second kappa shape index (κ2) is 7.90. The van der Waals surface area contributed by atoms with Crippen molar-refractivity contribution in [3.05, 3.63) is 70.7 Å². The molecule has 1 unspecified atom stereocenters. The monoisotopic (exact) mass is 352 g/mol. The van der Waals surface area contributed by atoms with Gasteiger partial charge in [-0.05, 0) is 31.0 Å². The number of anilines is 2. The second-order valence-electron chi connectivity index (χ2n) is 5.76. The Morgan fingerprint density at radius 3 is 2.44 bits per heavy atom. The van der Waals surface area contributed by atoms with Crippen LogP contribution in [0.25, 0.3) is 0 Å². The third-order valence-electron chi connectivity index (χ3n) is 3.88. The molecule has 3 aromatic rings. The van der Waals surface area contributed by atoms with Crippen LogP contribution in [-0.2, 0) is 0 Å². The molecule has 128 valence electrons. The molecular weight excluding hydrogens is 332 g/mol. The minimum Gasteiger partial charge on any atom is -0.308 e. The fourth-order valence-corrected chi connectivity index (χ4v) is 3.51. The summed E-state index contributed by atoms with van der Waals surface area (Å²) in [6, 6.07) is 17.5. The zero-order chi connectivity index (χ0) is 17.6. The van der Waals surface area contributed by atoms with Gasteiger partial charge in [0.25, 0.3) is 0 Å². The lowest BCUT2D eigenvalue weighted by atomic mass is 9.97. The van der Waals surface area contributed by atoms with Gasteiger partial charge in [0.1, 0.15) is 5.01 Å². The molecule has 2 aromatic carbocycles. The Morgan fingerprint density at radius 2 is 1.76 bits per heavy atom. The lowest BCUT2D eigenvalue weighted by Crippen LogP contribution is -2.19. The Bertz CT molecular complexity index is 830. The average molecular weight is 352 g/mol. The van der Waals surface area contributed by atoms with Crippen LogP contribution in [0, 0.1) is 6.92 Å². The van der Waals surface area contributed by atoms with E-state index in [1.54, 1.807) is 0 Å². The van der Waals surface area contributed by atoms with E-state index >= 15 is 0 Å². The van der Waals surface area contributed by atoms with Gasteiger partial charge in [-0.15, -0.1) is 10.2 Å². The first-order valence-electron chi connectivity index (χ1n) is 8.18. The summed E-state index contributed by atoms with van der Waals surface area (Å²) >= 11 is 1.41. The van der Waals surface area contributed by atoms with Gasteiger partial charge in [0.05, 0.1) is 0 Å². The van der Waals surface area contributed by atoms with Gasteiger partial charge in [-0.2, -0.15) is 0 Å². The highest BCUT2D eigenvalue weighted by atomic mass is 32.1. The van der Waals surface area contributed by atoms with Gasteiger partial charge < -0.3 is 5.32 Å². The molecule has 0 saturated heterocycles. The number of hydrogen-bond acceptors (Lipinski definition) is 4. The van der Waals surface area contributed by atoms with E-state index in [0.717, 1.165) is 22.7 Å². The summed E-state index contributed by atoms with van der Waals surface area (Å²) in [5.74, 6) is 0.189. The van der Waals surface area contributed by atoms with Crippen LogP contribution >= 0.6 is 11.3 Å². The normalized spacial score (nSPS) is 11.8. The van der Waals surface area contributed by atoms with E-state index in [1.165, 1.54) is 16.9 Å². The molecule has 25 heavy (non-hydrogen) atoms. The molecule has 6 heteroatoms. The highest BCUT2D eigenvalue weighted by Gasteiger charge is 2.18. The smallest absolute Gasteiger partial charge is 0.308 e. The third-order valence-corrected chi connectivity index (χ3v) is 4.83. The number of aromatic nitrogens is 2. The number of hydrogen-bond donors (Lipinski definition) is 2. The standard InChI is InChI=1S/C19H20N4OS/c1-3-16(14-7-5-4-6-8-14)17-22-23-19(25-17)21-18(24)20-15-11-9-13(2)10-12-15/h4-12,16H,3H2,1-2H3,(H2,20,21,23,24). The van der Waals surface area contributed by atoms with Gasteiger partial charge in [0.2, 0.25) is 5.13 Å². The quantitative estimate of drug-likeness (QED) is 0.676. The first kappa shape index (κ1) is 17.1. The Kier molecular flexibility index (Phi) is 5.40. The maximum absolute atomic E-state index is 12.1.